The van der Waals surface area contributed by atoms with Gasteiger partial charge in [0.1, 0.15) is 6.10 Å². The van der Waals surface area contributed by atoms with Crippen molar-refractivity contribution in [1.29, 1.82) is 0 Å². The summed E-state index contributed by atoms with van der Waals surface area (Å²) in [6.45, 7) is 0.646. The van der Waals surface area contributed by atoms with Crippen LogP contribution in [0.1, 0.15) is 23.0 Å². The molecule has 0 bridgehead atoms. The number of benzene rings is 1. The van der Waals surface area contributed by atoms with Gasteiger partial charge in [-0.15, -0.1) is 23.1 Å². The Balaban J connectivity index is 1.65. The minimum Gasteiger partial charge on any atom is -0.372 e. The topological polar surface area (TPSA) is 81.4 Å². The van der Waals surface area contributed by atoms with Crippen molar-refractivity contribution in [3.63, 3.8) is 0 Å². The lowest BCUT2D eigenvalue weighted by molar-refractivity contribution is -0.119. The van der Waals surface area contributed by atoms with Gasteiger partial charge >= 0.3 is 0 Å². The summed E-state index contributed by atoms with van der Waals surface area (Å²) < 4.78 is 5.76. The van der Waals surface area contributed by atoms with Gasteiger partial charge in [-0.1, -0.05) is 12.1 Å². The molecular formula is C17H18N2O3S2. The number of primary amides is 1. The first kappa shape index (κ1) is 17.0. The Hall–Kier alpha value is -1.83. The van der Waals surface area contributed by atoms with Gasteiger partial charge in [0.2, 0.25) is 11.8 Å². The van der Waals surface area contributed by atoms with E-state index in [2.05, 4.69) is 11.4 Å². The van der Waals surface area contributed by atoms with Gasteiger partial charge in [-0.3, -0.25) is 9.59 Å². The first-order valence-corrected chi connectivity index (χ1v) is 9.48. The lowest BCUT2D eigenvalue weighted by atomic mass is 10.1. The predicted octanol–water partition coefficient (Wildman–Crippen LogP) is 2.97. The van der Waals surface area contributed by atoms with Crippen LogP contribution in [0.5, 0.6) is 0 Å². The van der Waals surface area contributed by atoms with E-state index >= 15 is 0 Å². The van der Waals surface area contributed by atoms with Crippen molar-refractivity contribution in [3.8, 4) is 0 Å². The van der Waals surface area contributed by atoms with Gasteiger partial charge in [0.25, 0.3) is 0 Å². The minimum absolute atomic E-state index is 0.103. The van der Waals surface area contributed by atoms with E-state index in [0.717, 1.165) is 16.2 Å². The Morgan fingerprint density at radius 2 is 2.17 bits per heavy atom. The molecule has 1 aliphatic heterocycles. The van der Waals surface area contributed by atoms with Crippen molar-refractivity contribution in [1.82, 2.24) is 0 Å². The third-order valence-corrected chi connectivity index (χ3v) is 5.81. The molecule has 0 saturated heterocycles. The molecule has 0 aliphatic carbocycles. The molecule has 126 valence electrons. The second-order valence-electron chi connectivity index (χ2n) is 5.42. The number of carbonyl (C=O) groups is 2. The number of ether oxygens (including phenoxy) is 1. The van der Waals surface area contributed by atoms with Crippen LogP contribution in [0.4, 0.5) is 5.69 Å². The first-order valence-electron chi connectivity index (χ1n) is 7.61. The third kappa shape index (κ3) is 4.17. The number of nitrogens with one attached hydrogen (secondary N) is 1. The number of thioether (sulfide) groups is 1. The molecule has 1 unspecified atom stereocenters. The van der Waals surface area contributed by atoms with Crippen LogP contribution in [-0.2, 0) is 20.7 Å². The van der Waals surface area contributed by atoms with Crippen molar-refractivity contribution in [3.05, 3.63) is 46.2 Å². The van der Waals surface area contributed by atoms with Crippen LogP contribution in [0.25, 0.3) is 0 Å². The maximum atomic E-state index is 12.4. The van der Waals surface area contributed by atoms with Crippen LogP contribution in [0.15, 0.2) is 40.6 Å². The first-order chi connectivity index (χ1) is 11.6. The Bertz CT molecular complexity index is 745. The van der Waals surface area contributed by atoms with Crippen LogP contribution in [0.3, 0.4) is 0 Å². The van der Waals surface area contributed by atoms with Gasteiger partial charge in [0.15, 0.2) is 0 Å². The van der Waals surface area contributed by atoms with Crippen molar-refractivity contribution >= 4 is 40.6 Å². The Morgan fingerprint density at radius 3 is 3.00 bits per heavy atom. The number of rotatable bonds is 6. The Kier molecular flexibility index (Phi) is 5.55. The summed E-state index contributed by atoms with van der Waals surface area (Å²) in [5.41, 5.74) is 7.16. The number of carbonyl (C=O) groups excluding carboxylic acids is 2. The molecular weight excluding hydrogens is 344 g/mol. The number of nitrogens with two attached hydrogens (primary N) is 1. The molecule has 2 heterocycles. The molecule has 1 atom stereocenters. The average Bonchev–Trinajstić information content (AvgIpc) is 3.03. The monoisotopic (exact) mass is 362 g/mol. The maximum absolute atomic E-state index is 12.4. The van der Waals surface area contributed by atoms with Gasteiger partial charge in [-0.2, -0.15) is 0 Å². The molecule has 24 heavy (non-hydrogen) atoms. The average molecular weight is 362 g/mol. The van der Waals surface area contributed by atoms with E-state index in [4.69, 9.17) is 10.5 Å². The van der Waals surface area contributed by atoms with Crippen molar-refractivity contribution in [2.75, 3.05) is 17.7 Å². The number of amides is 2. The van der Waals surface area contributed by atoms with E-state index in [1.54, 1.807) is 11.3 Å². The van der Waals surface area contributed by atoms with E-state index in [-0.39, 0.29) is 30.1 Å². The number of para-hydroxylation sites is 1. The highest BCUT2D eigenvalue weighted by Crippen LogP contribution is 2.34. The lowest BCUT2D eigenvalue weighted by Crippen LogP contribution is -2.21. The summed E-state index contributed by atoms with van der Waals surface area (Å²) in [6, 6.07) is 9.49. The van der Waals surface area contributed by atoms with Crippen LogP contribution in [-0.4, -0.2) is 24.2 Å². The fourth-order valence-electron chi connectivity index (χ4n) is 2.59. The second-order valence-corrected chi connectivity index (χ2v) is 7.39. The number of anilines is 1. The summed E-state index contributed by atoms with van der Waals surface area (Å²) in [6.07, 6.45) is 1.01. The number of fused-ring (bicyclic) bond motifs is 1. The van der Waals surface area contributed by atoms with Gasteiger partial charge in [0.05, 0.1) is 24.5 Å². The highest BCUT2D eigenvalue weighted by molar-refractivity contribution is 8.00. The fourth-order valence-corrected chi connectivity index (χ4v) is 4.34. The zero-order valence-electron chi connectivity index (χ0n) is 13.0. The van der Waals surface area contributed by atoms with Crippen LogP contribution < -0.4 is 11.1 Å². The molecule has 2 aromatic rings. The molecule has 5 nitrogen and oxygen atoms in total. The third-order valence-electron chi connectivity index (χ3n) is 3.67. The highest BCUT2D eigenvalue weighted by Gasteiger charge is 2.24. The quantitative estimate of drug-likeness (QED) is 0.774. The molecule has 0 spiro atoms. The molecule has 1 aromatic carbocycles. The van der Waals surface area contributed by atoms with Crippen LogP contribution in [0.2, 0.25) is 0 Å². The summed E-state index contributed by atoms with van der Waals surface area (Å²) in [7, 11) is 0. The van der Waals surface area contributed by atoms with E-state index in [1.807, 2.05) is 29.6 Å². The summed E-state index contributed by atoms with van der Waals surface area (Å²) >= 11 is 2.95. The van der Waals surface area contributed by atoms with Crippen LogP contribution >= 0.6 is 23.1 Å². The van der Waals surface area contributed by atoms with Gasteiger partial charge in [-0.05, 0) is 35.6 Å². The molecule has 1 aliphatic rings. The van der Waals surface area contributed by atoms with Gasteiger partial charge in [-0.25, -0.2) is 0 Å². The summed E-state index contributed by atoms with van der Waals surface area (Å²) in [5.74, 6) is -0.313. The highest BCUT2D eigenvalue weighted by atomic mass is 32.2. The van der Waals surface area contributed by atoms with Crippen molar-refractivity contribution in [2.24, 2.45) is 5.73 Å². The van der Waals surface area contributed by atoms with E-state index in [0.29, 0.717) is 12.3 Å². The molecule has 3 N–H and O–H groups in total. The largest absolute Gasteiger partial charge is 0.372 e. The summed E-state index contributed by atoms with van der Waals surface area (Å²) in [5, 5.41) is 4.96. The fraction of sp³-hybridized carbons (Fsp3) is 0.294. The zero-order valence-corrected chi connectivity index (χ0v) is 14.6. The number of hydrogen-bond acceptors (Lipinski definition) is 5. The normalized spacial score (nSPS) is 16.4. The Morgan fingerprint density at radius 1 is 1.33 bits per heavy atom. The van der Waals surface area contributed by atoms with E-state index < -0.39 is 0 Å². The van der Waals surface area contributed by atoms with E-state index in [1.165, 1.54) is 17.3 Å². The molecule has 2 amide bonds. The van der Waals surface area contributed by atoms with Crippen molar-refractivity contribution < 1.29 is 14.3 Å². The molecule has 1 aromatic heterocycles. The molecule has 7 heteroatoms. The number of hydrogen-bond donors (Lipinski definition) is 2. The standard InChI is InChI=1S/C17H18N2O3S2/c18-15(20)10-24-14-4-2-1-3-12(14)19-16(21)9-13-17-11(5-7-22-13)6-8-23-17/h1-4,6,8,13H,5,7,9-10H2,(H2,18,20)(H,19,21). The van der Waals surface area contributed by atoms with E-state index in [9.17, 15) is 9.59 Å². The van der Waals surface area contributed by atoms with Gasteiger partial charge in [0, 0.05) is 9.77 Å². The predicted molar refractivity (Wildman–Crippen MR) is 96.3 cm³/mol. The summed E-state index contributed by atoms with van der Waals surface area (Å²) in [4.78, 5) is 25.3. The molecule has 0 radical (unpaired) electrons. The molecule has 3 rings (SSSR count). The Labute approximate surface area is 148 Å². The van der Waals surface area contributed by atoms with Crippen molar-refractivity contribution in [2.45, 2.75) is 23.8 Å². The van der Waals surface area contributed by atoms with Crippen LogP contribution in [0, 0.1) is 0 Å². The SMILES string of the molecule is NC(=O)CSc1ccccc1NC(=O)CC1OCCc2ccsc21. The second kappa shape index (κ2) is 7.83. The maximum Gasteiger partial charge on any atom is 0.227 e. The molecule has 0 fully saturated rings. The number of thiophene rings is 1. The van der Waals surface area contributed by atoms with Gasteiger partial charge < -0.3 is 15.8 Å². The molecule has 0 saturated carbocycles. The smallest absolute Gasteiger partial charge is 0.227 e. The zero-order chi connectivity index (χ0) is 16.9. The lowest BCUT2D eigenvalue weighted by Gasteiger charge is -2.22. The minimum atomic E-state index is -0.387.